The lowest BCUT2D eigenvalue weighted by molar-refractivity contribution is 0.0899. The molecule has 1 atom stereocenters. The van der Waals surface area contributed by atoms with Crippen LogP contribution < -0.4 is 5.32 Å². The standard InChI is InChI=1S/C13H16BrF2NO2/c1-7(2)3-9(6-18)17-13(19)12-10(15)4-8(14)5-11(12)16/h4-5,7,9,18H,3,6H2,1-2H3,(H,17,19). The Balaban J connectivity index is 2.89. The molecule has 1 aromatic rings. The normalized spacial score (nSPS) is 12.6. The van der Waals surface area contributed by atoms with Gasteiger partial charge in [0.25, 0.3) is 5.91 Å². The summed E-state index contributed by atoms with van der Waals surface area (Å²) in [7, 11) is 0. The van der Waals surface area contributed by atoms with Gasteiger partial charge >= 0.3 is 0 Å². The van der Waals surface area contributed by atoms with E-state index in [-0.39, 0.29) is 17.0 Å². The molecule has 2 N–H and O–H groups in total. The lowest BCUT2D eigenvalue weighted by Gasteiger charge is -2.18. The number of aliphatic hydroxyl groups excluding tert-OH is 1. The van der Waals surface area contributed by atoms with Gasteiger partial charge in [-0.2, -0.15) is 0 Å². The van der Waals surface area contributed by atoms with Crippen LogP contribution in [-0.4, -0.2) is 23.7 Å². The summed E-state index contributed by atoms with van der Waals surface area (Å²) in [6, 6.07) is 1.53. The van der Waals surface area contributed by atoms with Crippen molar-refractivity contribution in [2.45, 2.75) is 26.3 Å². The molecule has 106 valence electrons. The van der Waals surface area contributed by atoms with Crippen LogP contribution in [0.3, 0.4) is 0 Å². The molecule has 0 bridgehead atoms. The van der Waals surface area contributed by atoms with Gasteiger partial charge in [-0.1, -0.05) is 29.8 Å². The Kier molecular flexibility index (Phi) is 5.87. The Labute approximate surface area is 119 Å². The van der Waals surface area contributed by atoms with E-state index >= 15 is 0 Å². The van der Waals surface area contributed by atoms with E-state index in [0.29, 0.717) is 6.42 Å². The maximum atomic E-state index is 13.6. The second-order valence-electron chi connectivity index (χ2n) is 4.73. The molecule has 0 saturated heterocycles. The van der Waals surface area contributed by atoms with Gasteiger partial charge in [0.15, 0.2) is 0 Å². The largest absolute Gasteiger partial charge is 0.394 e. The Morgan fingerprint density at radius 3 is 2.32 bits per heavy atom. The van der Waals surface area contributed by atoms with Crippen LogP contribution in [-0.2, 0) is 0 Å². The van der Waals surface area contributed by atoms with Crippen LogP contribution >= 0.6 is 15.9 Å². The average molecular weight is 336 g/mol. The van der Waals surface area contributed by atoms with E-state index in [2.05, 4.69) is 21.2 Å². The summed E-state index contributed by atoms with van der Waals surface area (Å²) in [5.41, 5.74) is -0.634. The summed E-state index contributed by atoms with van der Waals surface area (Å²) in [5.74, 6) is -2.49. The van der Waals surface area contributed by atoms with Crippen LogP contribution in [0, 0.1) is 17.6 Å². The summed E-state index contributed by atoms with van der Waals surface area (Å²) < 4.78 is 27.4. The highest BCUT2D eigenvalue weighted by Gasteiger charge is 2.21. The summed E-state index contributed by atoms with van der Waals surface area (Å²) in [6.07, 6.45) is 0.530. The van der Waals surface area contributed by atoms with Crippen LogP contribution in [0.2, 0.25) is 0 Å². The maximum absolute atomic E-state index is 13.6. The molecule has 0 aliphatic carbocycles. The van der Waals surface area contributed by atoms with E-state index in [1.54, 1.807) is 0 Å². The van der Waals surface area contributed by atoms with E-state index < -0.39 is 29.1 Å². The Morgan fingerprint density at radius 1 is 1.37 bits per heavy atom. The van der Waals surface area contributed by atoms with Crippen LogP contribution in [0.15, 0.2) is 16.6 Å². The van der Waals surface area contributed by atoms with Gasteiger partial charge in [-0.3, -0.25) is 4.79 Å². The molecule has 1 amide bonds. The highest BCUT2D eigenvalue weighted by molar-refractivity contribution is 9.10. The van der Waals surface area contributed by atoms with Gasteiger partial charge in [0, 0.05) is 4.47 Å². The summed E-state index contributed by atoms with van der Waals surface area (Å²) in [4.78, 5) is 11.8. The van der Waals surface area contributed by atoms with Crippen molar-refractivity contribution in [2.75, 3.05) is 6.61 Å². The van der Waals surface area contributed by atoms with Crippen molar-refractivity contribution in [1.82, 2.24) is 5.32 Å². The Morgan fingerprint density at radius 2 is 1.89 bits per heavy atom. The topological polar surface area (TPSA) is 49.3 Å². The fourth-order valence-corrected chi connectivity index (χ4v) is 2.17. The van der Waals surface area contributed by atoms with Gasteiger partial charge in [-0.05, 0) is 24.5 Å². The minimum atomic E-state index is -0.939. The van der Waals surface area contributed by atoms with Crippen molar-refractivity contribution >= 4 is 21.8 Å². The van der Waals surface area contributed by atoms with Crippen molar-refractivity contribution in [2.24, 2.45) is 5.92 Å². The van der Waals surface area contributed by atoms with Crippen LogP contribution in [0.1, 0.15) is 30.6 Å². The number of halogens is 3. The van der Waals surface area contributed by atoms with Gasteiger partial charge in [-0.25, -0.2) is 8.78 Å². The Bertz CT molecular complexity index is 443. The molecular formula is C13H16BrF2NO2. The van der Waals surface area contributed by atoms with Gasteiger partial charge < -0.3 is 10.4 Å². The molecule has 1 rings (SSSR count). The van der Waals surface area contributed by atoms with E-state index in [0.717, 1.165) is 12.1 Å². The number of hydrogen-bond donors (Lipinski definition) is 2. The number of benzene rings is 1. The molecule has 0 saturated carbocycles. The second kappa shape index (κ2) is 6.96. The molecule has 3 nitrogen and oxygen atoms in total. The predicted molar refractivity (Wildman–Crippen MR) is 71.9 cm³/mol. The summed E-state index contributed by atoms with van der Waals surface area (Å²) in [5, 5.41) is 11.6. The molecule has 0 aliphatic rings. The number of amides is 1. The molecule has 1 unspecified atom stereocenters. The molecule has 0 heterocycles. The highest BCUT2D eigenvalue weighted by atomic mass is 79.9. The fourth-order valence-electron chi connectivity index (χ4n) is 1.76. The van der Waals surface area contributed by atoms with Gasteiger partial charge in [-0.15, -0.1) is 0 Å². The first kappa shape index (κ1) is 16.0. The molecule has 0 spiro atoms. The van der Waals surface area contributed by atoms with Crippen LogP contribution in [0.4, 0.5) is 8.78 Å². The van der Waals surface area contributed by atoms with Crippen molar-refractivity contribution in [3.8, 4) is 0 Å². The first-order chi connectivity index (χ1) is 8.85. The number of carbonyl (C=O) groups is 1. The zero-order valence-electron chi connectivity index (χ0n) is 10.7. The smallest absolute Gasteiger partial charge is 0.257 e. The average Bonchev–Trinajstić information content (AvgIpc) is 2.25. The number of hydrogen-bond acceptors (Lipinski definition) is 2. The maximum Gasteiger partial charge on any atom is 0.257 e. The molecule has 19 heavy (non-hydrogen) atoms. The predicted octanol–water partition coefficient (Wildman–Crippen LogP) is 2.86. The van der Waals surface area contributed by atoms with Crippen molar-refractivity contribution in [3.05, 3.63) is 33.8 Å². The SMILES string of the molecule is CC(C)CC(CO)NC(=O)c1c(F)cc(Br)cc1F. The third kappa shape index (κ3) is 4.54. The monoisotopic (exact) mass is 335 g/mol. The first-order valence-electron chi connectivity index (χ1n) is 5.91. The summed E-state index contributed by atoms with van der Waals surface area (Å²) >= 11 is 2.94. The molecule has 0 aromatic heterocycles. The number of aliphatic hydroxyl groups is 1. The molecular weight excluding hydrogens is 320 g/mol. The van der Waals surface area contributed by atoms with E-state index in [4.69, 9.17) is 5.11 Å². The van der Waals surface area contributed by atoms with Gasteiger partial charge in [0.05, 0.1) is 12.6 Å². The first-order valence-corrected chi connectivity index (χ1v) is 6.70. The third-order valence-electron chi connectivity index (χ3n) is 2.55. The highest BCUT2D eigenvalue weighted by Crippen LogP contribution is 2.19. The molecule has 0 fully saturated rings. The Hall–Kier alpha value is -1.01. The lowest BCUT2D eigenvalue weighted by atomic mass is 10.0. The van der Waals surface area contributed by atoms with Crippen LogP contribution in [0.5, 0.6) is 0 Å². The van der Waals surface area contributed by atoms with Crippen molar-refractivity contribution in [3.63, 3.8) is 0 Å². The summed E-state index contributed by atoms with van der Waals surface area (Å²) in [6.45, 7) is 3.58. The van der Waals surface area contributed by atoms with E-state index in [1.807, 2.05) is 13.8 Å². The molecule has 0 radical (unpaired) electrons. The zero-order chi connectivity index (χ0) is 14.6. The minimum Gasteiger partial charge on any atom is -0.394 e. The zero-order valence-corrected chi connectivity index (χ0v) is 12.3. The van der Waals surface area contributed by atoms with Gasteiger partial charge in [0.1, 0.15) is 17.2 Å². The quantitative estimate of drug-likeness (QED) is 0.869. The number of rotatable bonds is 5. The van der Waals surface area contributed by atoms with Crippen LogP contribution in [0.25, 0.3) is 0 Å². The second-order valence-corrected chi connectivity index (χ2v) is 5.64. The number of nitrogens with one attached hydrogen (secondary N) is 1. The minimum absolute atomic E-state index is 0.222. The van der Waals surface area contributed by atoms with E-state index in [1.165, 1.54) is 0 Å². The fraction of sp³-hybridized carbons (Fsp3) is 0.462. The van der Waals surface area contributed by atoms with Gasteiger partial charge in [0.2, 0.25) is 0 Å². The molecule has 1 aromatic carbocycles. The van der Waals surface area contributed by atoms with E-state index in [9.17, 15) is 13.6 Å². The van der Waals surface area contributed by atoms with Crippen molar-refractivity contribution < 1.29 is 18.7 Å². The van der Waals surface area contributed by atoms with Crippen molar-refractivity contribution in [1.29, 1.82) is 0 Å². The molecule has 0 aliphatic heterocycles. The number of carbonyl (C=O) groups excluding carboxylic acids is 1. The molecule has 6 heteroatoms. The lowest BCUT2D eigenvalue weighted by Crippen LogP contribution is -2.39. The third-order valence-corrected chi connectivity index (χ3v) is 3.00.